The van der Waals surface area contributed by atoms with Gasteiger partial charge in [-0.05, 0) is 88.7 Å². The first kappa shape index (κ1) is 97.3. The number of aromatic nitrogens is 12. The van der Waals surface area contributed by atoms with Gasteiger partial charge in [-0.1, -0.05) is 159 Å². The maximum Gasteiger partial charge on any atom is 0.247 e. The Morgan fingerprint density at radius 2 is 0.698 bits per heavy atom. The zero-order chi connectivity index (χ0) is 93.7. The molecule has 0 unspecified atom stereocenters. The van der Waals surface area contributed by atoms with Crippen molar-refractivity contribution in [2.75, 3.05) is 114 Å². The van der Waals surface area contributed by atoms with E-state index in [1.807, 2.05) is 115 Å². The quantitative estimate of drug-likeness (QED) is 0.00654. The number of terminal acetylenes is 1. The first-order chi connectivity index (χ1) is 61.8. The summed E-state index contributed by atoms with van der Waals surface area (Å²) in [7, 11) is 7.23. The summed E-state index contributed by atoms with van der Waals surface area (Å²) in [4.78, 5) is 130. The molecule has 658 valence electrons. The van der Waals surface area contributed by atoms with E-state index in [1.54, 1.807) is 139 Å². The van der Waals surface area contributed by atoms with Crippen LogP contribution in [0.25, 0.3) is 67.5 Å². The molecule has 34 nitrogen and oxygen atoms in total. The van der Waals surface area contributed by atoms with Crippen LogP contribution in [0.1, 0.15) is 51.5 Å². The number of carbonyl (C=O) groups excluding carboxylic acids is 7. The molecular formula is C94H97N25O9S. The van der Waals surface area contributed by atoms with Gasteiger partial charge in [-0.15, -0.1) is 6.42 Å². The minimum Gasteiger partial charge on any atom is -0.373 e. The van der Waals surface area contributed by atoms with Crippen LogP contribution in [-0.4, -0.2) is 151 Å². The van der Waals surface area contributed by atoms with Crippen molar-refractivity contribution in [3.05, 3.63) is 283 Å². The number of ketones is 6. The van der Waals surface area contributed by atoms with Crippen molar-refractivity contribution in [3.63, 3.8) is 0 Å². The van der Waals surface area contributed by atoms with Gasteiger partial charge in [0.1, 0.15) is 34.9 Å². The van der Waals surface area contributed by atoms with Gasteiger partial charge < -0.3 is 71.6 Å². The third-order valence-electron chi connectivity index (χ3n) is 18.2. The summed E-state index contributed by atoms with van der Waals surface area (Å²) >= 11 is 0. The Labute approximate surface area is 746 Å². The number of aryl methyl sites for hydroxylation is 1. The van der Waals surface area contributed by atoms with Crippen molar-refractivity contribution in [3.8, 4) is 79.9 Å². The van der Waals surface area contributed by atoms with E-state index < -0.39 is 33.0 Å². The molecule has 0 fully saturated rings. The van der Waals surface area contributed by atoms with Crippen molar-refractivity contribution in [2.45, 2.75) is 44.8 Å². The van der Waals surface area contributed by atoms with Gasteiger partial charge >= 0.3 is 0 Å². The second kappa shape index (κ2) is 48.0. The summed E-state index contributed by atoms with van der Waals surface area (Å²) in [6.45, 7) is 11.5. The Morgan fingerprint density at radius 3 is 1.02 bits per heavy atom. The number of nitrogens with one attached hydrogen (secondary N) is 7. The summed E-state index contributed by atoms with van der Waals surface area (Å²) in [6, 6.07) is 63.7. The van der Waals surface area contributed by atoms with Crippen molar-refractivity contribution >= 4 is 127 Å². The number of anilines is 13. The van der Waals surface area contributed by atoms with Gasteiger partial charge in [0.05, 0.1) is 39.9 Å². The van der Waals surface area contributed by atoms with E-state index in [9.17, 15) is 42.0 Å². The van der Waals surface area contributed by atoms with Crippen LogP contribution < -0.4 is 71.6 Å². The second-order valence-electron chi connectivity index (χ2n) is 27.6. The number of nitrogens with two attached hydrogens (primary N) is 6. The van der Waals surface area contributed by atoms with E-state index in [4.69, 9.17) is 40.8 Å². The van der Waals surface area contributed by atoms with Crippen molar-refractivity contribution in [1.29, 1.82) is 0 Å². The Balaban J connectivity index is 0.000000192. The van der Waals surface area contributed by atoms with Gasteiger partial charge in [-0.2, -0.15) is 29.9 Å². The Kier molecular flexibility index (Phi) is 36.2. The molecule has 0 aliphatic carbocycles. The van der Waals surface area contributed by atoms with Gasteiger partial charge in [-0.3, -0.25) is 33.6 Å². The first-order valence-corrected chi connectivity index (χ1v) is 41.2. The topological polar surface area (TPSA) is 549 Å². The molecule has 6 aromatic heterocycles. The van der Waals surface area contributed by atoms with Crippen LogP contribution in [0.2, 0.25) is 0 Å². The Hall–Kier alpha value is -17.2. The molecule has 0 atom stereocenters. The van der Waals surface area contributed by atoms with Crippen LogP contribution in [-0.2, 0) is 70.0 Å². The molecular weight excluding hydrogens is 1660 g/mol. The van der Waals surface area contributed by atoms with E-state index in [2.05, 4.69) is 123 Å². The average Bonchev–Trinajstić information content (AvgIpc) is 0.833. The van der Waals surface area contributed by atoms with Gasteiger partial charge in [-0.25, -0.2) is 38.3 Å². The highest BCUT2D eigenvalue weighted by atomic mass is 32.2. The summed E-state index contributed by atoms with van der Waals surface area (Å²) < 4.78 is 23.2. The highest BCUT2D eigenvalue weighted by Crippen LogP contribution is 2.29. The first-order valence-electron chi connectivity index (χ1n) is 39.5. The maximum absolute atomic E-state index is 12.3. The van der Waals surface area contributed by atoms with Crippen LogP contribution in [0.5, 0.6) is 0 Å². The smallest absolute Gasteiger partial charge is 0.247 e. The molecule has 7 aromatic carbocycles. The number of rotatable bonds is 30. The fourth-order valence-electron chi connectivity index (χ4n) is 11.8. The number of allylic oxidation sites excluding steroid dienone is 1. The maximum atomic E-state index is 12.3. The number of hydrogen-bond donors (Lipinski definition) is 13. The normalized spacial score (nSPS) is 10.2. The van der Waals surface area contributed by atoms with E-state index in [0.29, 0.717) is 93.0 Å². The number of Topliss-reactive ketones (excluding diaryl/α,β-unsaturated/α-hetero) is 5. The molecule has 6 heterocycles. The molecule has 0 aliphatic rings. The van der Waals surface area contributed by atoms with Gasteiger partial charge in [0, 0.05) is 161 Å². The molecule has 0 saturated heterocycles. The van der Waals surface area contributed by atoms with Crippen LogP contribution in [0.15, 0.2) is 250 Å². The lowest BCUT2D eigenvalue weighted by molar-refractivity contribution is -0.134. The van der Waals surface area contributed by atoms with E-state index >= 15 is 0 Å². The molecule has 1 amide bonds. The van der Waals surface area contributed by atoms with Crippen LogP contribution in [0, 0.1) is 12.3 Å². The number of nitrogen functional groups attached to an aromatic ring is 6. The number of nitrogens with zero attached hydrogens (tertiary/aromatic N) is 12. The lowest BCUT2D eigenvalue weighted by atomic mass is 9.99. The molecule has 13 aromatic rings. The summed E-state index contributed by atoms with van der Waals surface area (Å²) in [5.74, 6) is 4.67. The van der Waals surface area contributed by atoms with Crippen LogP contribution in [0.4, 0.5) is 76.3 Å². The molecule has 13 rings (SSSR count). The second-order valence-corrected chi connectivity index (χ2v) is 29.5. The highest BCUT2D eigenvalue weighted by Gasteiger charge is 2.19. The molecule has 35 heteroatoms. The summed E-state index contributed by atoms with van der Waals surface area (Å²) in [5.41, 5.74) is 48.5. The highest BCUT2D eigenvalue weighted by molar-refractivity contribution is 7.93. The molecule has 0 radical (unpaired) electrons. The largest absolute Gasteiger partial charge is 0.373 e. The number of hydrogen-bond acceptors (Lipinski definition) is 33. The third-order valence-corrected chi connectivity index (χ3v) is 19.5. The van der Waals surface area contributed by atoms with Gasteiger partial charge in [0.2, 0.25) is 64.7 Å². The number of sulfone groups is 1. The minimum absolute atomic E-state index is 0.0288. The zero-order valence-electron chi connectivity index (χ0n) is 71.8. The fraction of sp³-hybridized carbons (Fsp3) is 0.138. The minimum atomic E-state index is -3.30. The fourth-order valence-corrected chi connectivity index (χ4v) is 12.5. The summed E-state index contributed by atoms with van der Waals surface area (Å²) in [5, 5.41) is 21.2. The predicted octanol–water partition coefficient (Wildman–Crippen LogP) is 11.9. The van der Waals surface area contributed by atoms with Crippen LogP contribution >= 0.6 is 0 Å². The number of amides is 1. The lowest BCUT2D eigenvalue weighted by Gasteiger charge is -2.07. The SMILES string of the molecule is C#CC(=O)Cc1cccc(-c2cc(NC)nc(N)n2)c1.C=CC(=O)CCc1ccc(-c2cc(NC)nc(N)n2)cc1.C=CC(=O)Nc1ccc(-c2cc(NC)nc(N)n2)cc1.C=CS(=O)(=O)Cc1cccc(-c2cc(NC)nc(N)n2)c1.CNc1cc(-c2cccc(CC(=O)C(=O)c3ccccc3)c2)nc(N)n1.CNc1cc(-c2cccc(CC(=O)C(C)=O)c2)nc(N)n1. The Bertz CT molecular complexity index is 6380. The van der Waals surface area contributed by atoms with Crippen molar-refractivity contribution < 1.29 is 42.0 Å². The van der Waals surface area contributed by atoms with Crippen LogP contribution in [0.3, 0.4) is 0 Å². The average molecular weight is 1750 g/mol. The Morgan fingerprint density at radius 1 is 0.372 bits per heavy atom. The van der Waals surface area contributed by atoms with Crippen molar-refractivity contribution in [1.82, 2.24) is 59.8 Å². The van der Waals surface area contributed by atoms with E-state index in [0.717, 1.165) is 66.7 Å². The third kappa shape index (κ3) is 31.0. The zero-order valence-corrected chi connectivity index (χ0v) is 72.6. The predicted molar refractivity (Wildman–Crippen MR) is 510 cm³/mol. The molecule has 0 aliphatic heterocycles. The molecule has 0 saturated carbocycles. The molecule has 0 bridgehead atoms. The van der Waals surface area contributed by atoms with Gasteiger partial charge in [0.25, 0.3) is 0 Å². The molecule has 129 heavy (non-hydrogen) atoms. The molecule has 19 N–H and O–H groups in total. The van der Waals surface area contributed by atoms with Crippen molar-refractivity contribution in [2.24, 2.45) is 0 Å². The number of carbonyl (C=O) groups is 7. The van der Waals surface area contributed by atoms with E-state index in [1.165, 1.54) is 19.1 Å². The van der Waals surface area contributed by atoms with Gasteiger partial charge in [0.15, 0.2) is 21.4 Å². The summed E-state index contributed by atoms with van der Waals surface area (Å²) in [6.07, 6.45) is 9.17. The number of benzene rings is 7. The standard InChI is InChI=1S/C20H18N4O2.C16H18N4O.C15H16N4O2.C15H14N4O.C14H15N5O.C14H16N4O2S/c1-22-18-12-16(23-20(21)24-18)15-9-5-6-13(10-15)11-17(25)19(26)14-7-3-2-4-8-14;1-3-13(21)9-6-11-4-7-12(8-5-11)14-10-15(18-2)20-16(17)19-14;1-9(20)13(21)7-10-4-3-5-11(6-10)12-8-14(17-2)19-15(16)18-12;1-3-12(20)8-10-5-4-6-11(7-10)13-9-14(17-2)19-15(16)18-13;1-3-13(20)17-10-6-4-9(5-7-10)11-8-12(16-2)19-14(15)18-11;1-3-21(19,20)9-10-5-4-6-11(7-10)12-8-13(16-2)18-14(15)17-12/h2-10,12H,11H2,1H3,(H3,21,22,23,24);3-5,7-8,10H,1,6,9H2,2H3,(H3,17,18,19,20);3-6,8H,7H2,1-2H3,(H3,16,17,18,19);1,4-7,9H,8H2,2H3,(H3,16,17,18,19);3-8H,1H2,2H3,(H,17,20)(H3,15,16,18,19);3-8H,1,9H2,2H3,(H3,15,16,17,18). The monoisotopic (exact) mass is 1750 g/mol. The lowest BCUT2D eigenvalue weighted by Crippen LogP contribution is -2.16. The molecule has 0 spiro atoms. The van der Waals surface area contributed by atoms with E-state index in [-0.39, 0.29) is 78.2 Å².